The highest BCUT2D eigenvalue weighted by Gasteiger charge is 2.73. The maximum atomic E-state index is 14.6. The number of amides is 1. The standard InChI is InChI=1S/C34H38FN3O2/c1-23-6-8-24(9-7-23)25-4-3-5-26(18-25)38(29(39)33-19-34(35,20-33)21-33)22-31-12-15-32(16-13-31,17-14-31)27-36-28(40-37-27)30(2)10-11-30/h3-9,18H,10-17,19-22H2,1-2H3. The summed E-state index contributed by atoms with van der Waals surface area (Å²) in [6.07, 6.45) is 9.69. The van der Waals surface area contributed by atoms with Crippen molar-refractivity contribution in [1.82, 2.24) is 10.1 Å². The number of rotatable bonds is 7. The molecule has 0 atom stereocenters. The van der Waals surface area contributed by atoms with Gasteiger partial charge in [-0.15, -0.1) is 0 Å². The van der Waals surface area contributed by atoms with Gasteiger partial charge in [-0.3, -0.25) is 4.79 Å². The van der Waals surface area contributed by atoms with Gasteiger partial charge in [-0.1, -0.05) is 54.0 Å². The second-order valence-corrected chi connectivity index (χ2v) is 14.5. The van der Waals surface area contributed by atoms with E-state index < -0.39 is 11.1 Å². The number of hydrogen-bond acceptors (Lipinski definition) is 4. The Kier molecular flexibility index (Phi) is 4.98. The fourth-order valence-corrected chi connectivity index (χ4v) is 8.31. The quantitative estimate of drug-likeness (QED) is 0.310. The third-order valence-corrected chi connectivity index (χ3v) is 11.5. The predicted octanol–water partition coefficient (Wildman–Crippen LogP) is 7.61. The second kappa shape index (κ2) is 8.04. The molecular weight excluding hydrogens is 501 g/mol. The van der Waals surface area contributed by atoms with Gasteiger partial charge in [0.05, 0.1) is 5.41 Å². The Morgan fingerprint density at radius 2 is 1.60 bits per heavy atom. The fraction of sp³-hybridized carbons (Fsp3) is 0.559. The van der Waals surface area contributed by atoms with Gasteiger partial charge >= 0.3 is 0 Å². The SMILES string of the molecule is Cc1ccc(-c2cccc(N(CC34CCC(c5noc(C6(C)CC6)n5)(CC3)CC4)C(=O)C34CC(F)(C3)C4)c2)cc1. The molecule has 1 heterocycles. The molecule has 1 aromatic heterocycles. The van der Waals surface area contributed by atoms with Crippen molar-refractivity contribution in [3.8, 4) is 11.1 Å². The summed E-state index contributed by atoms with van der Waals surface area (Å²) >= 11 is 0. The van der Waals surface area contributed by atoms with Crippen LogP contribution in [0.5, 0.6) is 0 Å². The lowest BCUT2D eigenvalue weighted by molar-refractivity contribution is -0.211. The summed E-state index contributed by atoms with van der Waals surface area (Å²) in [4.78, 5) is 21.2. The highest BCUT2D eigenvalue weighted by Crippen LogP contribution is 2.70. The number of nitrogens with zero attached hydrogens (tertiary/aromatic N) is 3. The molecule has 7 saturated carbocycles. The zero-order chi connectivity index (χ0) is 27.4. The Morgan fingerprint density at radius 3 is 2.23 bits per heavy atom. The molecule has 7 fully saturated rings. The topological polar surface area (TPSA) is 59.2 Å². The summed E-state index contributed by atoms with van der Waals surface area (Å²) in [5, 5.41) is 4.49. The minimum absolute atomic E-state index is 0.00338. The molecule has 5 nitrogen and oxygen atoms in total. The van der Waals surface area contributed by atoms with Crippen LogP contribution < -0.4 is 4.90 Å². The number of carbonyl (C=O) groups excluding carboxylic acids is 1. The summed E-state index contributed by atoms with van der Waals surface area (Å²) in [5.41, 5.74) is 2.98. The fourth-order valence-electron chi connectivity index (χ4n) is 8.31. The molecular formula is C34H38FN3O2. The highest BCUT2D eigenvalue weighted by molar-refractivity contribution is 6.00. The molecule has 2 aromatic carbocycles. The van der Waals surface area contributed by atoms with E-state index in [1.165, 1.54) is 5.56 Å². The first-order valence-corrected chi connectivity index (χ1v) is 15.2. The van der Waals surface area contributed by atoms with Crippen LogP contribution in [-0.2, 0) is 15.6 Å². The van der Waals surface area contributed by atoms with Crippen molar-refractivity contribution in [2.75, 3.05) is 11.4 Å². The molecule has 0 saturated heterocycles. The normalized spacial score (nSPS) is 34.6. The summed E-state index contributed by atoms with van der Waals surface area (Å²) in [6, 6.07) is 16.9. The lowest BCUT2D eigenvalue weighted by Gasteiger charge is -2.65. The van der Waals surface area contributed by atoms with E-state index in [1.807, 2.05) is 0 Å². The largest absolute Gasteiger partial charge is 0.339 e. The van der Waals surface area contributed by atoms with Crippen LogP contribution in [0, 0.1) is 17.8 Å². The molecule has 6 heteroatoms. The summed E-state index contributed by atoms with van der Waals surface area (Å²) in [6.45, 7) is 5.01. The highest BCUT2D eigenvalue weighted by atomic mass is 19.1. The Bertz CT molecular complexity index is 1460. The number of anilines is 1. The van der Waals surface area contributed by atoms with E-state index in [-0.39, 0.29) is 22.2 Å². The monoisotopic (exact) mass is 539 g/mol. The third-order valence-electron chi connectivity index (χ3n) is 11.5. The molecule has 3 aromatic rings. The molecule has 0 N–H and O–H groups in total. The van der Waals surface area contributed by atoms with Gasteiger partial charge in [0.15, 0.2) is 5.82 Å². The molecule has 4 bridgehead atoms. The Labute approximate surface area is 235 Å². The second-order valence-electron chi connectivity index (χ2n) is 14.5. The minimum Gasteiger partial charge on any atom is -0.339 e. The van der Waals surface area contributed by atoms with E-state index in [0.717, 1.165) is 79.9 Å². The molecule has 0 spiro atoms. The predicted molar refractivity (Wildman–Crippen MR) is 152 cm³/mol. The van der Waals surface area contributed by atoms with Crippen LogP contribution in [0.3, 0.4) is 0 Å². The van der Waals surface area contributed by atoms with E-state index in [9.17, 15) is 9.18 Å². The van der Waals surface area contributed by atoms with Crippen LogP contribution in [0.4, 0.5) is 10.1 Å². The van der Waals surface area contributed by atoms with E-state index in [1.54, 1.807) is 0 Å². The first-order chi connectivity index (χ1) is 19.1. The number of aryl methyl sites for hydroxylation is 1. The summed E-state index contributed by atoms with van der Waals surface area (Å²) < 4.78 is 20.3. The molecule has 0 radical (unpaired) electrons. The van der Waals surface area contributed by atoms with Gasteiger partial charge in [-0.25, -0.2) is 4.39 Å². The van der Waals surface area contributed by atoms with Crippen LogP contribution in [0.25, 0.3) is 11.1 Å². The third kappa shape index (κ3) is 3.66. The van der Waals surface area contributed by atoms with Crippen molar-refractivity contribution in [2.45, 2.75) is 101 Å². The number of hydrogen-bond donors (Lipinski definition) is 0. The van der Waals surface area contributed by atoms with Crippen molar-refractivity contribution in [3.63, 3.8) is 0 Å². The number of benzene rings is 2. The summed E-state index contributed by atoms with van der Waals surface area (Å²) in [7, 11) is 0. The van der Waals surface area contributed by atoms with Gasteiger partial charge in [0, 0.05) is 23.1 Å². The van der Waals surface area contributed by atoms with Gasteiger partial charge < -0.3 is 9.42 Å². The van der Waals surface area contributed by atoms with Gasteiger partial charge in [-0.2, -0.15) is 4.98 Å². The average molecular weight is 540 g/mol. The molecule has 1 amide bonds. The van der Waals surface area contributed by atoms with Crippen molar-refractivity contribution in [3.05, 3.63) is 65.8 Å². The molecule has 0 unspecified atom stereocenters. The zero-order valence-electron chi connectivity index (χ0n) is 23.6. The van der Waals surface area contributed by atoms with Gasteiger partial charge in [0.1, 0.15) is 5.67 Å². The van der Waals surface area contributed by atoms with Crippen LogP contribution in [-0.4, -0.2) is 28.3 Å². The van der Waals surface area contributed by atoms with E-state index in [0.29, 0.717) is 25.8 Å². The number of carbonyl (C=O) groups is 1. The van der Waals surface area contributed by atoms with Crippen molar-refractivity contribution in [1.29, 1.82) is 0 Å². The average Bonchev–Trinajstić information content (AvgIpc) is 3.48. The number of halogens is 1. The van der Waals surface area contributed by atoms with Crippen LogP contribution in [0.1, 0.15) is 94.8 Å². The Morgan fingerprint density at radius 1 is 0.925 bits per heavy atom. The minimum atomic E-state index is -1.10. The van der Waals surface area contributed by atoms with Crippen LogP contribution in [0.2, 0.25) is 0 Å². The molecule has 0 aliphatic heterocycles. The first kappa shape index (κ1) is 24.8. The van der Waals surface area contributed by atoms with Crippen molar-refractivity contribution in [2.24, 2.45) is 10.8 Å². The lowest BCUT2D eigenvalue weighted by Crippen LogP contribution is -2.71. The maximum Gasteiger partial charge on any atom is 0.233 e. The summed E-state index contributed by atoms with van der Waals surface area (Å²) in [5.74, 6) is 1.85. The van der Waals surface area contributed by atoms with E-state index in [4.69, 9.17) is 9.51 Å². The molecule has 7 aliphatic rings. The maximum absolute atomic E-state index is 14.6. The molecule has 10 rings (SSSR count). The molecule has 208 valence electrons. The smallest absolute Gasteiger partial charge is 0.233 e. The number of aromatic nitrogens is 2. The van der Waals surface area contributed by atoms with E-state index >= 15 is 0 Å². The van der Waals surface area contributed by atoms with Gasteiger partial charge in [-0.05, 0) is 106 Å². The van der Waals surface area contributed by atoms with Crippen LogP contribution >= 0.6 is 0 Å². The first-order valence-electron chi connectivity index (χ1n) is 15.2. The lowest BCUT2D eigenvalue weighted by atomic mass is 9.41. The molecule has 40 heavy (non-hydrogen) atoms. The van der Waals surface area contributed by atoms with Crippen molar-refractivity contribution < 1.29 is 13.7 Å². The number of fused-ring (bicyclic) bond motifs is 3. The Hall–Kier alpha value is -3.02. The van der Waals surface area contributed by atoms with Crippen LogP contribution in [0.15, 0.2) is 53.1 Å². The molecule has 7 aliphatic carbocycles. The Balaban J connectivity index is 1.07. The van der Waals surface area contributed by atoms with E-state index in [2.05, 4.69) is 72.4 Å². The zero-order valence-corrected chi connectivity index (χ0v) is 23.6. The van der Waals surface area contributed by atoms with Gasteiger partial charge in [0.2, 0.25) is 11.8 Å². The van der Waals surface area contributed by atoms with Gasteiger partial charge in [0.25, 0.3) is 0 Å². The number of alkyl halides is 1. The van der Waals surface area contributed by atoms with Crippen molar-refractivity contribution >= 4 is 11.6 Å².